The lowest BCUT2D eigenvalue weighted by Gasteiger charge is -2.06. The third kappa shape index (κ3) is 5.37. The molecule has 26 heavy (non-hydrogen) atoms. The third-order valence-electron chi connectivity index (χ3n) is 3.17. The van der Waals surface area contributed by atoms with E-state index < -0.39 is 18.2 Å². The molecule has 0 fully saturated rings. The zero-order valence-electron chi connectivity index (χ0n) is 13.6. The standard InChI is InChI=1S/C17H15Cl2N3O4/c1-26-14-4-2-3-10(17(14)25)9-20-22-16(24)8-15(23)21-11-5-6-12(18)13(19)7-11/h2-7,9,25H,8H2,1H3,(H,21,23)(H,22,24)/b20-9+. The van der Waals surface area contributed by atoms with Crippen molar-refractivity contribution in [2.45, 2.75) is 6.42 Å². The number of nitrogens with one attached hydrogen (secondary N) is 2. The number of anilines is 1. The Morgan fingerprint density at radius 3 is 2.65 bits per heavy atom. The second-order valence-corrected chi connectivity index (χ2v) is 5.86. The highest BCUT2D eigenvalue weighted by Crippen LogP contribution is 2.28. The molecule has 0 aliphatic rings. The fourth-order valence-corrected chi connectivity index (χ4v) is 2.24. The highest BCUT2D eigenvalue weighted by Gasteiger charge is 2.10. The number of hydrazone groups is 1. The molecule has 2 aromatic carbocycles. The molecule has 9 heteroatoms. The maximum atomic E-state index is 11.8. The number of nitrogens with zero attached hydrogens (tertiary/aromatic N) is 1. The van der Waals surface area contributed by atoms with Crippen LogP contribution in [0.1, 0.15) is 12.0 Å². The van der Waals surface area contributed by atoms with E-state index in [-0.39, 0.29) is 16.5 Å². The minimum absolute atomic E-state index is 0.106. The first-order valence-corrected chi connectivity index (χ1v) is 8.09. The Balaban J connectivity index is 1.88. The number of hydrogen-bond acceptors (Lipinski definition) is 5. The molecule has 0 radical (unpaired) electrons. The number of rotatable bonds is 6. The minimum Gasteiger partial charge on any atom is -0.504 e. The maximum Gasteiger partial charge on any atom is 0.249 e. The van der Waals surface area contributed by atoms with Gasteiger partial charge < -0.3 is 15.2 Å². The van der Waals surface area contributed by atoms with E-state index >= 15 is 0 Å². The molecular formula is C17H15Cl2N3O4. The van der Waals surface area contributed by atoms with Crippen LogP contribution < -0.4 is 15.5 Å². The summed E-state index contributed by atoms with van der Waals surface area (Å²) in [4.78, 5) is 23.6. The number of phenolic OH excluding ortho intramolecular Hbond substituents is 1. The minimum atomic E-state index is -0.624. The molecule has 0 heterocycles. The number of ether oxygens (including phenoxy) is 1. The van der Waals surface area contributed by atoms with Crippen molar-refractivity contribution in [3.8, 4) is 11.5 Å². The van der Waals surface area contributed by atoms with E-state index in [9.17, 15) is 14.7 Å². The molecule has 3 N–H and O–H groups in total. The van der Waals surface area contributed by atoms with Gasteiger partial charge in [0.1, 0.15) is 6.42 Å². The first kappa shape index (κ1) is 19.6. The van der Waals surface area contributed by atoms with Crippen LogP contribution in [0.3, 0.4) is 0 Å². The summed E-state index contributed by atoms with van der Waals surface area (Å²) in [7, 11) is 1.42. The van der Waals surface area contributed by atoms with Gasteiger partial charge in [0.15, 0.2) is 11.5 Å². The lowest BCUT2D eigenvalue weighted by Crippen LogP contribution is -2.24. The summed E-state index contributed by atoms with van der Waals surface area (Å²) in [6.07, 6.45) is 0.800. The molecule has 0 unspecified atom stereocenters. The monoisotopic (exact) mass is 395 g/mol. The Morgan fingerprint density at radius 2 is 1.96 bits per heavy atom. The van der Waals surface area contributed by atoms with E-state index in [4.69, 9.17) is 27.9 Å². The molecule has 136 valence electrons. The van der Waals surface area contributed by atoms with Crippen molar-refractivity contribution in [3.63, 3.8) is 0 Å². The number of hydrogen-bond donors (Lipinski definition) is 3. The summed E-state index contributed by atoms with van der Waals surface area (Å²) >= 11 is 11.6. The van der Waals surface area contributed by atoms with Crippen LogP contribution in [0, 0.1) is 0 Å². The Hall–Kier alpha value is -2.77. The van der Waals surface area contributed by atoms with Crippen molar-refractivity contribution < 1.29 is 19.4 Å². The quantitative estimate of drug-likeness (QED) is 0.397. The molecule has 0 spiro atoms. The van der Waals surface area contributed by atoms with Crippen LogP contribution in [0.2, 0.25) is 10.0 Å². The van der Waals surface area contributed by atoms with Gasteiger partial charge >= 0.3 is 0 Å². The van der Waals surface area contributed by atoms with Crippen molar-refractivity contribution in [2.24, 2.45) is 5.10 Å². The van der Waals surface area contributed by atoms with Crippen LogP contribution in [-0.2, 0) is 9.59 Å². The van der Waals surface area contributed by atoms with Gasteiger partial charge in [0.05, 0.1) is 23.4 Å². The topological polar surface area (TPSA) is 100 Å². The second kappa shape index (κ2) is 9.07. The number of para-hydroxylation sites is 1. The molecule has 0 aliphatic carbocycles. The Bertz CT molecular complexity index is 856. The van der Waals surface area contributed by atoms with Crippen LogP contribution in [0.5, 0.6) is 11.5 Å². The Kier molecular flexibility index (Phi) is 6.82. The van der Waals surface area contributed by atoms with Crippen molar-refractivity contribution in [1.29, 1.82) is 0 Å². The van der Waals surface area contributed by atoms with Crippen LogP contribution in [0.15, 0.2) is 41.5 Å². The predicted octanol–water partition coefficient (Wildman–Crippen LogP) is 3.19. The van der Waals surface area contributed by atoms with Crippen molar-refractivity contribution in [2.75, 3.05) is 12.4 Å². The smallest absolute Gasteiger partial charge is 0.249 e. The van der Waals surface area contributed by atoms with E-state index in [1.807, 2.05) is 0 Å². The van der Waals surface area contributed by atoms with Crippen molar-refractivity contribution >= 4 is 46.9 Å². The summed E-state index contributed by atoms with van der Waals surface area (Å²) < 4.78 is 4.97. The number of amides is 2. The van der Waals surface area contributed by atoms with E-state index in [1.54, 1.807) is 24.3 Å². The molecule has 0 bridgehead atoms. The van der Waals surface area contributed by atoms with Gasteiger partial charge in [0.25, 0.3) is 0 Å². The van der Waals surface area contributed by atoms with Crippen LogP contribution in [-0.4, -0.2) is 30.2 Å². The Morgan fingerprint density at radius 1 is 1.19 bits per heavy atom. The van der Waals surface area contributed by atoms with Crippen LogP contribution >= 0.6 is 23.2 Å². The van der Waals surface area contributed by atoms with Crippen LogP contribution in [0.25, 0.3) is 0 Å². The number of carbonyl (C=O) groups is 2. The van der Waals surface area contributed by atoms with Crippen molar-refractivity contribution in [1.82, 2.24) is 5.43 Å². The lowest BCUT2D eigenvalue weighted by atomic mass is 10.2. The molecule has 7 nitrogen and oxygen atoms in total. The normalized spacial score (nSPS) is 10.6. The number of aromatic hydroxyl groups is 1. The largest absolute Gasteiger partial charge is 0.504 e. The first-order chi connectivity index (χ1) is 12.4. The van der Waals surface area contributed by atoms with Gasteiger partial charge in [-0.05, 0) is 30.3 Å². The number of halogens is 2. The number of carbonyl (C=O) groups excluding carboxylic acids is 2. The van der Waals surface area contributed by atoms with Gasteiger partial charge in [-0.3, -0.25) is 9.59 Å². The Labute approximate surface area is 159 Å². The zero-order valence-corrected chi connectivity index (χ0v) is 15.1. The summed E-state index contributed by atoms with van der Waals surface area (Å²) in [6.45, 7) is 0. The highest BCUT2D eigenvalue weighted by atomic mass is 35.5. The third-order valence-corrected chi connectivity index (χ3v) is 3.91. The highest BCUT2D eigenvalue weighted by molar-refractivity contribution is 6.42. The molecule has 0 aromatic heterocycles. The van der Waals surface area contributed by atoms with E-state index in [1.165, 1.54) is 25.5 Å². The van der Waals surface area contributed by atoms with E-state index in [0.717, 1.165) is 0 Å². The average molecular weight is 396 g/mol. The fraction of sp³-hybridized carbons (Fsp3) is 0.118. The lowest BCUT2D eigenvalue weighted by molar-refractivity contribution is -0.126. The zero-order chi connectivity index (χ0) is 19.1. The van der Waals surface area contributed by atoms with E-state index in [2.05, 4.69) is 15.8 Å². The second-order valence-electron chi connectivity index (χ2n) is 5.05. The molecular weight excluding hydrogens is 381 g/mol. The predicted molar refractivity (Wildman–Crippen MR) is 100 cm³/mol. The average Bonchev–Trinajstić information content (AvgIpc) is 2.59. The molecule has 0 saturated carbocycles. The number of benzene rings is 2. The molecule has 2 rings (SSSR count). The molecule has 0 atom stereocenters. The molecule has 0 aliphatic heterocycles. The summed E-state index contributed by atoms with van der Waals surface area (Å²) in [5, 5.41) is 16.8. The maximum absolute atomic E-state index is 11.8. The van der Waals surface area contributed by atoms with Crippen LogP contribution in [0.4, 0.5) is 5.69 Å². The number of methoxy groups -OCH3 is 1. The van der Waals surface area contributed by atoms with Gasteiger partial charge in [-0.2, -0.15) is 5.10 Å². The van der Waals surface area contributed by atoms with Gasteiger partial charge in [0.2, 0.25) is 11.8 Å². The summed E-state index contributed by atoms with van der Waals surface area (Å²) in [5.74, 6) is -0.992. The van der Waals surface area contributed by atoms with Gasteiger partial charge in [-0.15, -0.1) is 0 Å². The molecule has 2 amide bonds. The van der Waals surface area contributed by atoms with Crippen molar-refractivity contribution in [3.05, 3.63) is 52.0 Å². The van der Waals surface area contributed by atoms with E-state index in [0.29, 0.717) is 16.3 Å². The van der Waals surface area contributed by atoms with Gasteiger partial charge in [0, 0.05) is 11.3 Å². The van der Waals surface area contributed by atoms with Gasteiger partial charge in [-0.1, -0.05) is 29.3 Å². The molecule has 2 aromatic rings. The summed E-state index contributed by atoms with van der Waals surface area (Å²) in [6, 6.07) is 9.40. The SMILES string of the molecule is COc1cccc(/C=N/NC(=O)CC(=O)Nc2ccc(Cl)c(Cl)c2)c1O. The van der Waals surface area contributed by atoms with Gasteiger partial charge in [-0.25, -0.2) is 5.43 Å². The molecule has 0 saturated heterocycles. The first-order valence-electron chi connectivity index (χ1n) is 7.33. The fourth-order valence-electron chi connectivity index (χ4n) is 1.95. The summed E-state index contributed by atoms with van der Waals surface area (Å²) in [5.41, 5.74) is 2.97. The number of phenols is 1.